The van der Waals surface area contributed by atoms with Crippen molar-refractivity contribution in [1.29, 1.82) is 0 Å². The quantitative estimate of drug-likeness (QED) is 0.747. The third kappa shape index (κ3) is 3.38. The first-order valence-corrected chi connectivity index (χ1v) is 4.92. The number of nitrogens with zero attached hydrogens (tertiary/aromatic N) is 1. The molecular formula is C9H12N2OS. The van der Waals surface area contributed by atoms with Gasteiger partial charge in [-0.05, 0) is 19.9 Å². The van der Waals surface area contributed by atoms with E-state index in [0.717, 1.165) is 10.7 Å². The normalized spacial score (nSPS) is 10.6. The van der Waals surface area contributed by atoms with Crippen LogP contribution in [0.5, 0.6) is 0 Å². The number of amides is 1. The van der Waals surface area contributed by atoms with E-state index in [0.29, 0.717) is 6.54 Å². The Hall–Kier alpha value is -1.16. The molecule has 1 aromatic rings. The molecule has 1 amide bonds. The molecule has 0 aliphatic carbocycles. The first kappa shape index (κ1) is 9.92. The molecule has 70 valence electrons. The molecule has 1 rings (SSSR count). The lowest BCUT2D eigenvalue weighted by atomic mass is 10.4. The maximum Gasteiger partial charge on any atom is 0.243 e. The minimum Gasteiger partial charge on any atom is -0.347 e. The minimum atomic E-state index is -0.0758. The summed E-state index contributed by atoms with van der Waals surface area (Å²) in [4.78, 5) is 15.2. The van der Waals surface area contributed by atoms with Gasteiger partial charge in [0.05, 0.1) is 17.2 Å². The van der Waals surface area contributed by atoms with Crippen molar-refractivity contribution in [3.8, 4) is 0 Å². The van der Waals surface area contributed by atoms with Gasteiger partial charge in [-0.25, -0.2) is 4.98 Å². The van der Waals surface area contributed by atoms with E-state index in [1.807, 2.05) is 19.2 Å². The Bertz CT molecular complexity index is 317. The van der Waals surface area contributed by atoms with Crippen LogP contribution < -0.4 is 5.32 Å². The Labute approximate surface area is 81.5 Å². The highest BCUT2D eigenvalue weighted by molar-refractivity contribution is 7.09. The first-order valence-electron chi connectivity index (χ1n) is 4.04. The molecular weight excluding hydrogens is 184 g/mol. The van der Waals surface area contributed by atoms with Crippen LogP contribution in [0.25, 0.3) is 0 Å². The summed E-state index contributed by atoms with van der Waals surface area (Å²) in [5, 5.41) is 5.70. The van der Waals surface area contributed by atoms with Gasteiger partial charge in [-0.15, -0.1) is 11.3 Å². The Kier molecular flexibility index (Phi) is 3.64. The fraction of sp³-hybridized carbons (Fsp3) is 0.333. The largest absolute Gasteiger partial charge is 0.347 e. The Morgan fingerprint density at radius 2 is 2.54 bits per heavy atom. The third-order valence-corrected chi connectivity index (χ3v) is 2.25. The van der Waals surface area contributed by atoms with Gasteiger partial charge >= 0.3 is 0 Å². The molecule has 0 spiro atoms. The summed E-state index contributed by atoms with van der Waals surface area (Å²) >= 11 is 1.59. The fourth-order valence-electron chi connectivity index (χ4n) is 0.877. The number of thiazole rings is 1. The lowest BCUT2D eigenvalue weighted by molar-refractivity contribution is -0.116. The number of carbonyl (C=O) groups excluding carboxylic acids is 1. The van der Waals surface area contributed by atoms with Gasteiger partial charge in [0, 0.05) is 5.38 Å². The highest BCUT2D eigenvalue weighted by atomic mass is 32.1. The molecule has 0 saturated heterocycles. The number of nitrogens with one attached hydrogen (secondary N) is 1. The fourth-order valence-corrected chi connectivity index (χ4v) is 1.49. The van der Waals surface area contributed by atoms with Crippen LogP contribution >= 0.6 is 11.3 Å². The van der Waals surface area contributed by atoms with E-state index in [2.05, 4.69) is 10.3 Å². The molecule has 13 heavy (non-hydrogen) atoms. The smallest absolute Gasteiger partial charge is 0.243 e. The molecule has 0 bridgehead atoms. The summed E-state index contributed by atoms with van der Waals surface area (Å²) in [6.45, 7) is 4.27. The molecule has 0 radical (unpaired) electrons. The van der Waals surface area contributed by atoms with Crippen molar-refractivity contribution in [3.05, 3.63) is 28.2 Å². The van der Waals surface area contributed by atoms with E-state index in [1.165, 1.54) is 6.08 Å². The van der Waals surface area contributed by atoms with Gasteiger partial charge in [0.15, 0.2) is 0 Å². The maximum atomic E-state index is 11.0. The van der Waals surface area contributed by atoms with Crippen molar-refractivity contribution in [2.75, 3.05) is 0 Å². The van der Waals surface area contributed by atoms with Gasteiger partial charge in [-0.1, -0.05) is 6.08 Å². The van der Waals surface area contributed by atoms with Crippen LogP contribution in [0.1, 0.15) is 17.6 Å². The summed E-state index contributed by atoms with van der Waals surface area (Å²) in [6.07, 6.45) is 3.21. The summed E-state index contributed by atoms with van der Waals surface area (Å²) in [5.74, 6) is -0.0758. The zero-order chi connectivity index (χ0) is 9.68. The lowest BCUT2D eigenvalue weighted by Crippen LogP contribution is -2.20. The van der Waals surface area contributed by atoms with Gasteiger partial charge in [0.1, 0.15) is 0 Å². The highest BCUT2D eigenvalue weighted by Gasteiger charge is 1.99. The molecule has 4 heteroatoms. The number of hydrogen-bond donors (Lipinski definition) is 1. The molecule has 0 aromatic carbocycles. The number of aromatic nitrogens is 1. The molecule has 0 fully saturated rings. The Balaban J connectivity index is 2.39. The summed E-state index contributed by atoms with van der Waals surface area (Å²) < 4.78 is 0. The molecule has 0 atom stereocenters. The molecule has 1 heterocycles. The molecule has 3 nitrogen and oxygen atoms in total. The van der Waals surface area contributed by atoms with E-state index >= 15 is 0 Å². The van der Waals surface area contributed by atoms with Crippen LogP contribution in [0, 0.1) is 6.92 Å². The van der Waals surface area contributed by atoms with Crippen molar-refractivity contribution < 1.29 is 4.79 Å². The monoisotopic (exact) mass is 196 g/mol. The second kappa shape index (κ2) is 4.77. The van der Waals surface area contributed by atoms with Crippen molar-refractivity contribution >= 4 is 17.2 Å². The molecule has 1 N–H and O–H groups in total. The van der Waals surface area contributed by atoms with Gasteiger partial charge in [0.25, 0.3) is 0 Å². The van der Waals surface area contributed by atoms with Crippen LogP contribution in [-0.2, 0) is 11.3 Å². The molecule has 1 aromatic heterocycles. The predicted molar refractivity (Wildman–Crippen MR) is 53.5 cm³/mol. The van der Waals surface area contributed by atoms with Crippen LogP contribution in [0.2, 0.25) is 0 Å². The van der Waals surface area contributed by atoms with Gasteiger partial charge in [-0.2, -0.15) is 0 Å². The summed E-state index contributed by atoms with van der Waals surface area (Å²) in [6, 6.07) is 0. The van der Waals surface area contributed by atoms with Gasteiger partial charge in [-0.3, -0.25) is 4.79 Å². The zero-order valence-electron chi connectivity index (χ0n) is 7.70. The number of allylic oxidation sites excluding steroid dienone is 1. The standard InChI is InChI=1S/C9H12N2OS/c1-3-4-9(12)10-5-8-6-13-7(2)11-8/h3-4,6H,5H2,1-2H3,(H,10,12). The van der Waals surface area contributed by atoms with E-state index in [9.17, 15) is 4.79 Å². The predicted octanol–water partition coefficient (Wildman–Crippen LogP) is 1.64. The SMILES string of the molecule is CC=CC(=O)NCc1csc(C)n1. The zero-order valence-corrected chi connectivity index (χ0v) is 8.52. The highest BCUT2D eigenvalue weighted by Crippen LogP contribution is 2.06. The third-order valence-electron chi connectivity index (χ3n) is 1.43. The Morgan fingerprint density at radius 1 is 1.77 bits per heavy atom. The van der Waals surface area contributed by atoms with Gasteiger partial charge < -0.3 is 5.32 Å². The number of rotatable bonds is 3. The van der Waals surface area contributed by atoms with Gasteiger partial charge in [0.2, 0.25) is 5.91 Å². The molecule has 0 saturated carbocycles. The van der Waals surface area contributed by atoms with Crippen LogP contribution in [0.3, 0.4) is 0 Å². The average Bonchev–Trinajstić information content (AvgIpc) is 2.49. The topological polar surface area (TPSA) is 42.0 Å². The molecule has 0 aliphatic rings. The van der Waals surface area contributed by atoms with Crippen molar-refractivity contribution in [1.82, 2.24) is 10.3 Å². The van der Waals surface area contributed by atoms with Crippen LogP contribution in [0.4, 0.5) is 0 Å². The maximum absolute atomic E-state index is 11.0. The lowest BCUT2D eigenvalue weighted by Gasteiger charge is -1.97. The van der Waals surface area contributed by atoms with Crippen LogP contribution in [0.15, 0.2) is 17.5 Å². The van der Waals surface area contributed by atoms with Crippen LogP contribution in [-0.4, -0.2) is 10.9 Å². The minimum absolute atomic E-state index is 0.0758. The first-order chi connectivity index (χ1) is 6.22. The molecule has 0 aliphatic heterocycles. The van der Waals surface area contributed by atoms with E-state index in [-0.39, 0.29) is 5.91 Å². The second-order valence-electron chi connectivity index (χ2n) is 2.58. The number of aryl methyl sites for hydroxylation is 1. The number of hydrogen-bond acceptors (Lipinski definition) is 3. The van der Waals surface area contributed by atoms with Crippen molar-refractivity contribution in [2.45, 2.75) is 20.4 Å². The average molecular weight is 196 g/mol. The van der Waals surface area contributed by atoms with E-state index in [1.54, 1.807) is 17.4 Å². The second-order valence-corrected chi connectivity index (χ2v) is 3.64. The number of carbonyl (C=O) groups is 1. The molecule has 0 unspecified atom stereocenters. The van der Waals surface area contributed by atoms with E-state index in [4.69, 9.17) is 0 Å². The summed E-state index contributed by atoms with van der Waals surface area (Å²) in [7, 11) is 0. The van der Waals surface area contributed by atoms with Crippen molar-refractivity contribution in [3.63, 3.8) is 0 Å². The summed E-state index contributed by atoms with van der Waals surface area (Å²) in [5.41, 5.74) is 0.917. The van der Waals surface area contributed by atoms with Crippen molar-refractivity contribution in [2.24, 2.45) is 0 Å². The van der Waals surface area contributed by atoms with E-state index < -0.39 is 0 Å². The Morgan fingerprint density at radius 3 is 3.08 bits per heavy atom.